The van der Waals surface area contributed by atoms with E-state index in [1.54, 1.807) is 7.11 Å². The predicted molar refractivity (Wildman–Crippen MR) is 94.4 cm³/mol. The molecule has 0 aliphatic heterocycles. The molecule has 6 heteroatoms. The van der Waals surface area contributed by atoms with Gasteiger partial charge < -0.3 is 15.4 Å². The van der Waals surface area contributed by atoms with Crippen molar-refractivity contribution in [2.45, 2.75) is 25.3 Å². The van der Waals surface area contributed by atoms with E-state index in [1.807, 2.05) is 18.2 Å². The molecule has 1 atom stereocenters. The molecule has 1 aliphatic carbocycles. The summed E-state index contributed by atoms with van der Waals surface area (Å²) in [7, 11) is 1.65. The van der Waals surface area contributed by atoms with Gasteiger partial charge in [-0.3, -0.25) is 0 Å². The van der Waals surface area contributed by atoms with Gasteiger partial charge in [0.25, 0.3) is 0 Å². The second kappa shape index (κ2) is 7.13. The van der Waals surface area contributed by atoms with Crippen molar-refractivity contribution < 1.29 is 13.5 Å². The van der Waals surface area contributed by atoms with Crippen LogP contribution in [0.1, 0.15) is 30.0 Å². The molecule has 0 heterocycles. The number of thiocarbonyl (C=S) groups is 1. The third kappa shape index (κ3) is 3.64. The second-order valence-electron chi connectivity index (χ2n) is 5.73. The summed E-state index contributed by atoms with van der Waals surface area (Å²) >= 11 is 5.28. The van der Waals surface area contributed by atoms with E-state index in [2.05, 4.69) is 10.6 Å². The Labute approximate surface area is 145 Å². The Morgan fingerprint density at radius 2 is 2.04 bits per heavy atom. The Bertz CT molecular complexity index is 767. The molecular weight excluding hydrogens is 330 g/mol. The average molecular weight is 348 g/mol. The van der Waals surface area contributed by atoms with Crippen LogP contribution in [0.3, 0.4) is 0 Å². The number of hydrogen-bond donors (Lipinski definition) is 2. The molecule has 2 N–H and O–H groups in total. The summed E-state index contributed by atoms with van der Waals surface area (Å²) in [5.74, 6) is -0.455. The number of ether oxygens (including phenoxy) is 1. The number of fused-ring (bicyclic) bond motifs is 1. The summed E-state index contributed by atoms with van der Waals surface area (Å²) in [6, 6.07) is 9.41. The van der Waals surface area contributed by atoms with Crippen molar-refractivity contribution in [2.24, 2.45) is 0 Å². The Hall–Kier alpha value is -2.21. The van der Waals surface area contributed by atoms with Crippen LogP contribution in [0.2, 0.25) is 0 Å². The van der Waals surface area contributed by atoms with E-state index in [1.165, 1.54) is 23.3 Å². The van der Waals surface area contributed by atoms with E-state index in [0.717, 1.165) is 31.1 Å². The number of methoxy groups -OCH3 is 1. The maximum absolute atomic E-state index is 13.7. The summed E-state index contributed by atoms with van der Waals surface area (Å²) in [6.45, 7) is 0. The van der Waals surface area contributed by atoms with Gasteiger partial charge >= 0.3 is 0 Å². The van der Waals surface area contributed by atoms with Gasteiger partial charge in [-0.2, -0.15) is 0 Å². The van der Waals surface area contributed by atoms with E-state index in [4.69, 9.17) is 17.0 Å². The Balaban J connectivity index is 1.71. The molecular formula is C18H18F2N2OS. The van der Waals surface area contributed by atoms with Crippen LogP contribution in [0.25, 0.3) is 0 Å². The molecule has 0 saturated heterocycles. The maximum atomic E-state index is 13.7. The molecule has 0 spiro atoms. The lowest BCUT2D eigenvalue weighted by Crippen LogP contribution is -2.34. The number of anilines is 1. The summed E-state index contributed by atoms with van der Waals surface area (Å²) in [5.41, 5.74) is 2.55. The fourth-order valence-corrected chi connectivity index (χ4v) is 3.23. The van der Waals surface area contributed by atoms with Crippen LogP contribution in [0.5, 0.6) is 5.75 Å². The number of aryl methyl sites for hydroxylation is 1. The number of rotatable bonds is 3. The standard InChI is InChI=1S/C18H18F2N2OS/c1-23-13-6-7-14-11(9-13)3-2-4-16(14)21-18(24)22-17-8-5-12(19)10-15(17)20/h5-10,16H,2-4H2,1H3,(H2,21,22,24)/t16-/m1/s1. The average Bonchev–Trinajstić information content (AvgIpc) is 2.57. The summed E-state index contributed by atoms with van der Waals surface area (Å²) < 4.78 is 31.9. The summed E-state index contributed by atoms with van der Waals surface area (Å²) in [6.07, 6.45) is 2.97. The molecule has 3 rings (SSSR count). The highest BCUT2D eigenvalue weighted by molar-refractivity contribution is 7.80. The van der Waals surface area contributed by atoms with E-state index in [0.29, 0.717) is 5.11 Å². The van der Waals surface area contributed by atoms with Gasteiger partial charge in [0.2, 0.25) is 0 Å². The lowest BCUT2D eigenvalue weighted by atomic mass is 9.87. The molecule has 0 bridgehead atoms. The normalized spacial score (nSPS) is 16.2. The van der Waals surface area contributed by atoms with Crippen molar-refractivity contribution in [3.8, 4) is 5.75 Å². The van der Waals surface area contributed by atoms with Crippen LogP contribution in [0.4, 0.5) is 14.5 Å². The van der Waals surface area contributed by atoms with Gasteiger partial charge in [-0.15, -0.1) is 0 Å². The first-order valence-corrected chi connectivity index (χ1v) is 8.17. The summed E-state index contributed by atoms with van der Waals surface area (Å²) in [5, 5.41) is 6.33. The topological polar surface area (TPSA) is 33.3 Å². The van der Waals surface area contributed by atoms with E-state index < -0.39 is 11.6 Å². The molecule has 0 fully saturated rings. The quantitative estimate of drug-likeness (QED) is 0.809. The minimum Gasteiger partial charge on any atom is -0.497 e. The van der Waals surface area contributed by atoms with Gasteiger partial charge in [0.05, 0.1) is 18.8 Å². The zero-order valence-electron chi connectivity index (χ0n) is 13.2. The molecule has 2 aromatic carbocycles. The van der Waals surface area contributed by atoms with Gasteiger partial charge in [0.15, 0.2) is 5.11 Å². The second-order valence-corrected chi connectivity index (χ2v) is 6.14. The third-order valence-electron chi connectivity index (χ3n) is 4.15. The number of benzene rings is 2. The maximum Gasteiger partial charge on any atom is 0.171 e. The Kier molecular flexibility index (Phi) is 4.94. The van der Waals surface area contributed by atoms with E-state index in [-0.39, 0.29) is 11.7 Å². The van der Waals surface area contributed by atoms with Gasteiger partial charge in [0.1, 0.15) is 17.4 Å². The highest BCUT2D eigenvalue weighted by Gasteiger charge is 2.21. The number of halogens is 2. The number of hydrogen-bond acceptors (Lipinski definition) is 2. The predicted octanol–water partition coefficient (Wildman–Crippen LogP) is 4.34. The van der Waals surface area contributed by atoms with Crippen LogP contribution >= 0.6 is 12.2 Å². The Morgan fingerprint density at radius 1 is 1.21 bits per heavy atom. The van der Waals surface area contributed by atoms with Crippen LogP contribution in [0, 0.1) is 11.6 Å². The summed E-state index contributed by atoms with van der Waals surface area (Å²) in [4.78, 5) is 0. The lowest BCUT2D eigenvalue weighted by molar-refractivity contribution is 0.412. The van der Waals surface area contributed by atoms with Crippen LogP contribution in [0.15, 0.2) is 36.4 Å². The van der Waals surface area contributed by atoms with Crippen molar-refractivity contribution >= 4 is 23.0 Å². The van der Waals surface area contributed by atoms with Crippen molar-refractivity contribution in [3.05, 3.63) is 59.2 Å². The molecule has 0 unspecified atom stereocenters. The van der Waals surface area contributed by atoms with Crippen molar-refractivity contribution in [1.82, 2.24) is 5.32 Å². The van der Waals surface area contributed by atoms with Gasteiger partial charge in [0, 0.05) is 6.07 Å². The molecule has 0 saturated carbocycles. The first kappa shape index (κ1) is 16.6. The lowest BCUT2D eigenvalue weighted by Gasteiger charge is -2.28. The largest absolute Gasteiger partial charge is 0.497 e. The minimum atomic E-state index is -0.673. The first-order chi connectivity index (χ1) is 11.6. The molecule has 2 aromatic rings. The smallest absolute Gasteiger partial charge is 0.171 e. The fourth-order valence-electron chi connectivity index (χ4n) is 2.98. The SMILES string of the molecule is COc1ccc2c(c1)CCC[C@H]2NC(=S)Nc1ccc(F)cc1F. The third-order valence-corrected chi connectivity index (χ3v) is 4.37. The van der Waals surface area contributed by atoms with Crippen molar-refractivity contribution in [2.75, 3.05) is 12.4 Å². The van der Waals surface area contributed by atoms with Gasteiger partial charge in [-0.1, -0.05) is 6.07 Å². The molecule has 126 valence electrons. The minimum absolute atomic E-state index is 0.0585. The monoisotopic (exact) mass is 348 g/mol. The molecule has 24 heavy (non-hydrogen) atoms. The highest BCUT2D eigenvalue weighted by Crippen LogP contribution is 2.32. The van der Waals surface area contributed by atoms with Gasteiger partial charge in [-0.05, 0) is 66.9 Å². The van der Waals surface area contributed by atoms with Crippen molar-refractivity contribution in [3.63, 3.8) is 0 Å². The molecule has 1 aliphatic rings. The molecule has 0 aromatic heterocycles. The van der Waals surface area contributed by atoms with Crippen LogP contribution < -0.4 is 15.4 Å². The van der Waals surface area contributed by atoms with Gasteiger partial charge in [-0.25, -0.2) is 8.78 Å². The van der Waals surface area contributed by atoms with Crippen molar-refractivity contribution in [1.29, 1.82) is 0 Å². The van der Waals surface area contributed by atoms with Crippen LogP contribution in [-0.2, 0) is 6.42 Å². The van der Waals surface area contributed by atoms with E-state index >= 15 is 0 Å². The Morgan fingerprint density at radius 3 is 2.79 bits per heavy atom. The zero-order chi connectivity index (χ0) is 17.1. The van der Waals surface area contributed by atoms with Crippen LogP contribution in [-0.4, -0.2) is 12.2 Å². The highest BCUT2D eigenvalue weighted by atomic mass is 32.1. The first-order valence-electron chi connectivity index (χ1n) is 7.76. The molecule has 0 amide bonds. The molecule has 3 nitrogen and oxygen atoms in total. The fraction of sp³-hybridized carbons (Fsp3) is 0.278. The molecule has 0 radical (unpaired) electrons. The number of nitrogens with one attached hydrogen (secondary N) is 2. The zero-order valence-corrected chi connectivity index (χ0v) is 14.1. The van der Waals surface area contributed by atoms with E-state index in [9.17, 15) is 8.78 Å².